The molecular formula is C35H69N3O2. The highest BCUT2D eigenvalue weighted by Crippen LogP contribution is 2.33. The molecule has 0 aliphatic carbocycles. The van der Waals surface area contributed by atoms with E-state index in [9.17, 15) is 9.59 Å². The Bertz CT molecular complexity index is 725. The number of piperidine rings is 2. The van der Waals surface area contributed by atoms with Crippen LogP contribution in [0.1, 0.15) is 135 Å². The molecule has 3 aliphatic heterocycles. The first-order valence-electron chi connectivity index (χ1n) is 16.2. The zero-order chi connectivity index (χ0) is 31.6. The van der Waals surface area contributed by atoms with Crippen LogP contribution in [0.5, 0.6) is 0 Å². The van der Waals surface area contributed by atoms with E-state index < -0.39 is 0 Å². The van der Waals surface area contributed by atoms with Gasteiger partial charge in [0.25, 0.3) is 0 Å². The Morgan fingerprint density at radius 1 is 0.900 bits per heavy atom. The van der Waals surface area contributed by atoms with Crippen LogP contribution in [0.25, 0.3) is 0 Å². The van der Waals surface area contributed by atoms with Gasteiger partial charge < -0.3 is 9.80 Å². The summed E-state index contributed by atoms with van der Waals surface area (Å²) >= 11 is 0. The minimum atomic E-state index is 0.174. The number of hydrogen-bond acceptors (Lipinski definition) is 3. The Hall–Kier alpha value is -1.62. The molecule has 2 amide bonds. The third-order valence-electron chi connectivity index (χ3n) is 8.51. The van der Waals surface area contributed by atoms with E-state index in [-0.39, 0.29) is 23.3 Å². The highest BCUT2D eigenvalue weighted by molar-refractivity contribution is 5.74. The van der Waals surface area contributed by atoms with Crippen molar-refractivity contribution in [3.05, 3.63) is 24.8 Å². The first-order chi connectivity index (χ1) is 18.7. The molecule has 0 saturated carbocycles. The van der Waals surface area contributed by atoms with Gasteiger partial charge >= 0.3 is 0 Å². The summed E-state index contributed by atoms with van der Waals surface area (Å²) in [6.07, 6.45) is 11.1. The lowest BCUT2D eigenvalue weighted by Crippen LogP contribution is -2.46. The van der Waals surface area contributed by atoms with Gasteiger partial charge in [-0.3, -0.25) is 14.5 Å². The van der Waals surface area contributed by atoms with Crippen molar-refractivity contribution in [1.29, 1.82) is 0 Å². The van der Waals surface area contributed by atoms with Gasteiger partial charge in [-0.25, -0.2) is 0 Å². The van der Waals surface area contributed by atoms with E-state index in [0.29, 0.717) is 6.04 Å². The van der Waals surface area contributed by atoms with Crippen LogP contribution in [0.2, 0.25) is 0 Å². The molecule has 0 bridgehead atoms. The summed E-state index contributed by atoms with van der Waals surface area (Å²) in [5, 5.41) is 0. The summed E-state index contributed by atoms with van der Waals surface area (Å²) in [5.74, 6) is 1.36. The lowest BCUT2D eigenvalue weighted by molar-refractivity contribution is -0.132. The van der Waals surface area contributed by atoms with E-state index in [4.69, 9.17) is 0 Å². The van der Waals surface area contributed by atoms with Gasteiger partial charge in [0.1, 0.15) is 0 Å². The maximum atomic E-state index is 11.4. The van der Waals surface area contributed by atoms with Gasteiger partial charge in [0.15, 0.2) is 0 Å². The van der Waals surface area contributed by atoms with Crippen molar-refractivity contribution < 1.29 is 9.59 Å². The predicted molar refractivity (Wildman–Crippen MR) is 177 cm³/mol. The van der Waals surface area contributed by atoms with Gasteiger partial charge in [0, 0.05) is 45.1 Å². The maximum absolute atomic E-state index is 11.4. The summed E-state index contributed by atoms with van der Waals surface area (Å²) in [7, 11) is 0. The number of nitrogens with zero attached hydrogens (tertiary/aromatic N) is 3. The van der Waals surface area contributed by atoms with Crippen LogP contribution < -0.4 is 0 Å². The van der Waals surface area contributed by atoms with Crippen LogP contribution >= 0.6 is 0 Å². The number of hydrogen-bond donors (Lipinski definition) is 0. The molecule has 5 heteroatoms. The summed E-state index contributed by atoms with van der Waals surface area (Å²) in [4.78, 5) is 28.9. The SMILES string of the molecule is C=C.CC.CC(=O)N1CCC=C(C(C)(C)C)[C@H]1C.CC(=O)N1CCCC[C@H]1C.CC[C@@H]1CCCN(C(C)C)[C@@H]1C. The van der Waals surface area contributed by atoms with E-state index in [0.717, 1.165) is 37.5 Å². The van der Waals surface area contributed by atoms with Gasteiger partial charge in [-0.05, 0) is 96.6 Å². The Balaban J connectivity index is 0. The Labute approximate surface area is 250 Å². The molecule has 0 spiro atoms. The van der Waals surface area contributed by atoms with Crippen LogP contribution in [0.15, 0.2) is 24.8 Å². The third kappa shape index (κ3) is 13.8. The zero-order valence-electron chi connectivity index (χ0n) is 29.1. The first-order valence-corrected chi connectivity index (χ1v) is 16.2. The minimum absolute atomic E-state index is 0.174. The number of amides is 2. The second-order valence-electron chi connectivity index (χ2n) is 12.5. The van der Waals surface area contributed by atoms with E-state index in [1.54, 1.807) is 13.8 Å². The molecule has 0 radical (unpaired) electrons. The average molecular weight is 564 g/mol. The molecule has 3 rings (SSSR count). The van der Waals surface area contributed by atoms with Gasteiger partial charge in [-0.15, -0.1) is 13.2 Å². The molecule has 2 fully saturated rings. The number of carbonyl (C=O) groups is 2. The summed E-state index contributed by atoms with van der Waals surface area (Å²) in [5.41, 5.74) is 1.56. The average Bonchev–Trinajstić information content (AvgIpc) is 2.91. The van der Waals surface area contributed by atoms with Crippen molar-refractivity contribution in [3.63, 3.8) is 0 Å². The molecule has 0 N–H and O–H groups in total. The molecule has 4 atom stereocenters. The van der Waals surface area contributed by atoms with Crippen molar-refractivity contribution in [2.45, 2.75) is 159 Å². The lowest BCUT2D eigenvalue weighted by atomic mass is 9.80. The van der Waals surface area contributed by atoms with Crippen LogP contribution in [-0.4, -0.2) is 70.3 Å². The Kier molecular flexibility index (Phi) is 21.4. The monoisotopic (exact) mass is 564 g/mol. The standard InChI is InChI=1S/C12H21NO.C11H23N.C8H15NO.C2H6.C2H4/c1-9-11(12(3,4)5)7-6-8-13(9)10(2)14;1-5-11-7-6-8-12(9(2)3)10(11)4;1-7-5-3-4-6-9(7)8(2)10;2*1-2/h7,9H,6,8H2,1-5H3;9-11H,5-8H2,1-4H3;7H,3-6H2,1-2H3;1-2H3;1-2H2/t9-;10-,11-;7-;;/m111../s1. The van der Waals surface area contributed by atoms with Crippen molar-refractivity contribution in [1.82, 2.24) is 14.7 Å². The number of likely N-dealkylation sites (tertiary alicyclic amines) is 2. The molecule has 0 aromatic carbocycles. The molecule has 236 valence electrons. The molecule has 0 unspecified atom stereocenters. The highest BCUT2D eigenvalue weighted by atomic mass is 16.2. The highest BCUT2D eigenvalue weighted by Gasteiger charge is 2.30. The number of rotatable bonds is 2. The Morgan fingerprint density at radius 3 is 1.85 bits per heavy atom. The topological polar surface area (TPSA) is 43.9 Å². The normalized spacial score (nSPS) is 24.9. The summed E-state index contributed by atoms with van der Waals surface area (Å²) in [6.45, 7) is 36.7. The molecular weight excluding hydrogens is 494 g/mol. The van der Waals surface area contributed by atoms with Crippen molar-refractivity contribution in [2.24, 2.45) is 11.3 Å². The molecule has 40 heavy (non-hydrogen) atoms. The number of carbonyl (C=O) groups excluding carboxylic acids is 2. The van der Waals surface area contributed by atoms with Gasteiger partial charge in [-0.1, -0.05) is 54.0 Å². The lowest BCUT2D eigenvalue weighted by Gasteiger charge is -2.41. The fourth-order valence-electron chi connectivity index (χ4n) is 6.35. The van der Waals surface area contributed by atoms with E-state index in [1.807, 2.05) is 23.6 Å². The van der Waals surface area contributed by atoms with E-state index in [1.165, 1.54) is 50.6 Å². The predicted octanol–water partition coefficient (Wildman–Crippen LogP) is 8.74. The fourth-order valence-corrected chi connectivity index (χ4v) is 6.35. The van der Waals surface area contributed by atoms with Crippen LogP contribution in [0.3, 0.4) is 0 Å². The summed E-state index contributed by atoms with van der Waals surface area (Å²) < 4.78 is 0. The first kappa shape index (κ1) is 40.5. The van der Waals surface area contributed by atoms with E-state index >= 15 is 0 Å². The van der Waals surface area contributed by atoms with Gasteiger partial charge in [0.05, 0.1) is 6.04 Å². The molecule has 3 heterocycles. The van der Waals surface area contributed by atoms with Crippen molar-refractivity contribution in [2.75, 3.05) is 19.6 Å². The maximum Gasteiger partial charge on any atom is 0.219 e. The molecule has 2 saturated heterocycles. The Morgan fingerprint density at radius 2 is 1.45 bits per heavy atom. The van der Waals surface area contributed by atoms with Crippen LogP contribution in [-0.2, 0) is 9.59 Å². The fraction of sp³-hybridized carbons (Fsp3) is 0.829. The zero-order valence-corrected chi connectivity index (χ0v) is 29.1. The largest absolute Gasteiger partial charge is 0.340 e. The molecule has 0 aromatic rings. The van der Waals surface area contributed by atoms with E-state index in [2.05, 4.69) is 86.4 Å². The second-order valence-corrected chi connectivity index (χ2v) is 12.5. The molecule has 3 aliphatic rings. The van der Waals surface area contributed by atoms with Crippen LogP contribution in [0, 0.1) is 11.3 Å². The van der Waals surface area contributed by atoms with Gasteiger partial charge in [-0.2, -0.15) is 0 Å². The molecule has 5 nitrogen and oxygen atoms in total. The third-order valence-corrected chi connectivity index (χ3v) is 8.51. The van der Waals surface area contributed by atoms with Gasteiger partial charge in [0.2, 0.25) is 11.8 Å². The molecule has 0 aromatic heterocycles. The quantitative estimate of drug-likeness (QED) is 0.316. The summed E-state index contributed by atoms with van der Waals surface area (Å²) in [6, 6.07) is 2.28. The smallest absolute Gasteiger partial charge is 0.219 e. The minimum Gasteiger partial charge on any atom is -0.340 e. The van der Waals surface area contributed by atoms with Crippen molar-refractivity contribution >= 4 is 11.8 Å². The van der Waals surface area contributed by atoms with Crippen LogP contribution in [0.4, 0.5) is 0 Å². The van der Waals surface area contributed by atoms with Crippen molar-refractivity contribution in [3.8, 4) is 0 Å². The second kappa shape index (κ2) is 21.1.